The fourth-order valence-corrected chi connectivity index (χ4v) is 6.96. The van der Waals surface area contributed by atoms with Crippen molar-refractivity contribution in [1.29, 1.82) is 0 Å². The Kier molecular flexibility index (Phi) is 11.6. The van der Waals surface area contributed by atoms with Crippen LogP contribution in [0, 0.1) is 0 Å². The molecule has 0 fully saturated rings. The number of benzene rings is 2. The van der Waals surface area contributed by atoms with Gasteiger partial charge in [0, 0.05) is 0 Å². The summed E-state index contributed by atoms with van der Waals surface area (Å²) in [6.07, 6.45) is 6.21. The minimum Gasteiger partial charge on any atom is -0.308 e. The summed E-state index contributed by atoms with van der Waals surface area (Å²) < 4.78 is 61.7. The molecule has 0 saturated heterocycles. The Morgan fingerprint density at radius 1 is 0.629 bits per heavy atom. The van der Waals surface area contributed by atoms with E-state index in [4.69, 9.17) is 0 Å². The largest absolute Gasteiger partial charge is 0.308 e. The molecule has 6 nitrogen and oxygen atoms in total. The highest BCUT2D eigenvalue weighted by Crippen LogP contribution is 2.57. The zero-order valence-corrected chi connectivity index (χ0v) is 23.1. The van der Waals surface area contributed by atoms with Gasteiger partial charge in [-0.3, -0.25) is 4.55 Å². The molecule has 0 bridgehead atoms. The predicted molar refractivity (Wildman–Crippen MR) is 149 cm³/mol. The number of hydrogen-bond acceptors (Lipinski definition) is 6. The molecule has 0 heterocycles. The highest BCUT2D eigenvalue weighted by atomic mass is 32.3. The van der Waals surface area contributed by atoms with Crippen LogP contribution in [0.2, 0.25) is 0 Å². The van der Waals surface area contributed by atoms with Crippen LogP contribution in [0.15, 0.2) is 60.7 Å². The molecular formula is C26H40O6S3. The maximum atomic E-state index is 12.1. The lowest BCUT2D eigenvalue weighted by Gasteiger charge is -2.40. The Morgan fingerprint density at radius 2 is 1.03 bits per heavy atom. The molecule has 2 aromatic carbocycles. The van der Waals surface area contributed by atoms with Crippen LogP contribution in [-0.4, -0.2) is 38.1 Å². The van der Waals surface area contributed by atoms with E-state index >= 15 is 0 Å². The second kappa shape index (κ2) is 13.5. The topological polar surface area (TPSA) is 115 Å². The van der Waals surface area contributed by atoms with Gasteiger partial charge in [0.15, 0.2) is 0 Å². The number of rotatable bonds is 16. The number of unbranched alkanes of at least 4 members (excludes halogenated alkanes) is 4. The molecule has 4 N–H and O–H groups in total. The average Bonchev–Trinajstić information content (AvgIpc) is 2.81. The van der Waals surface area contributed by atoms with Crippen LogP contribution in [0.5, 0.6) is 0 Å². The SMILES string of the molecule is CC(CCCCCSCCCCCC(C)(c1ccccc1)S(=O)(=O)O)(c1ccccc1)S(O)(O)O. The summed E-state index contributed by atoms with van der Waals surface area (Å²) in [5, 5.41) is 0. The van der Waals surface area contributed by atoms with Gasteiger partial charge in [0.05, 0.1) is 15.6 Å². The maximum Gasteiger partial charge on any atom is 0.274 e. The van der Waals surface area contributed by atoms with Crippen LogP contribution in [0.1, 0.15) is 76.3 Å². The summed E-state index contributed by atoms with van der Waals surface area (Å²) >= 11 is 1.86. The van der Waals surface area contributed by atoms with Gasteiger partial charge in [-0.1, -0.05) is 86.3 Å². The zero-order valence-electron chi connectivity index (χ0n) is 20.7. The monoisotopic (exact) mass is 544 g/mol. The number of hydrogen-bond donors (Lipinski definition) is 4. The first-order chi connectivity index (χ1) is 16.4. The molecule has 0 aliphatic heterocycles. The van der Waals surface area contributed by atoms with Crippen molar-refractivity contribution in [2.45, 2.75) is 74.7 Å². The summed E-state index contributed by atoms with van der Waals surface area (Å²) in [5.41, 5.74) is 1.34. The fourth-order valence-electron chi connectivity index (χ4n) is 4.23. The van der Waals surface area contributed by atoms with Gasteiger partial charge in [0.1, 0.15) is 4.75 Å². The second-order valence-electron chi connectivity index (χ2n) is 9.42. The number of thioether (sulfide) groups is 1. The second-order valence-corrected chi connectivity index (χ2v) is 14.4. The van der Waals surface area contributed by atoms with E-state index in [1.54, 1.807) is 38.1 Å². The van der Waals surface area contributed by atoms with Gasteiger partial charge in [-0.2, -0.15) is 20.2 Å². The quantitative estimate of drug-likeness (QED) is 0.126. The van der Waals surface area contributed by atoms with E-state index in [0.717, 1.165) is 55.6 Å². The summed E-state index contributed by atoms with van der Waals surface area (Å²) in [6.45, 7) is 3.29. The molecule has 2 atom stereocenters. The first-order valence-corrected chi connectivity index (χ1v) is 16.2. The van der Waals surface area contributed by atoms with E-state index < -0.39 is 30.5 Å². The third kappa shape index (κ3) is 8.49. The highest BCUT2D eigenvalue weighted by Gasteiger charge is 2.41. The highest BCUT2D eigenvalue weighted by molar-refractivity contribution is 8.20. The molecule has 198 valence electrons. The van der Waals surface area contributed by atoms with E-state index in [1.165, 1.54) is 0 Å². The van der Waals surface area contributed by atoms with Gasteiger partial charge in [-0.15, -0.1) is 0 Å². The summed E-state index contributed by atoms with van der Waals surface area (Å²) in [7, 11) is -7.94. The molecule has 9 heteroatoms. The van der Waals surface area contributed by atoms with Crippen LogP contribution < -0.4 is 0 Å². The Bertz CT molecular complexity index is 979. The summed E-state index contributed by atoms with van der Waals surface area (Å²) in [5.74, 6) is 2.00. The lowest BCUT2D eigenvalue weighted by molar-refractivity contribution is 0.324. The van der Waals surface area contributed by atoms with Crippen LogP contribution in [-0.2, 0) is 19.6 Å². The molecule has 0 spiro atoms. The molecular weight excluding hydrogens is 504 g/mol. The van der Waals surface area contributed by atoms with Crippen molar-refractivity contribution in [3.8, 4) is 0 Å². The molecule has 0 aliphatic rings. The smallest absolute Gasteiger partial charge is 0.274 e. The van der Waals surface area contributed by atoms with E-state index in [0.29, 0.717) is 18.4 Å². The van der Waals surface area contributed by atoms with Crippen molar-refractivity contribution < 1.29 is 26.6 Å². The molecule has 0 radical (unpaired) electrons. The van der Waals surface area contributed by atoms with Crippen LogP contribution in [0.3, 0.4) is 0 Å². The minimum atomic E-state index is -4.22. The Labute approximate surface area is 216 Å². The van der Waals surface area contributed by atoms with E-state index in [2.05, 4.69) is 0 Å². The van der Waals surface area contributed by atoms with Crippen LogP contribution >= 0.6 is 22.6 Å². The first-order valence-electron chi connectivity index (χ1n) is 12.1. The van der Waals surface area contributed by atoms with Crippen molar-refractivity contribution in [2.24, 2.45) is 0 Å². The van der Waals surface area contributed by atoms with Crippen LogP contribution in [0.25, 0.3) is 0 Å². The molecule has 0 aromatic heterocycles. The molecule has 2 unspecified atom stereocenters. The van der Waals surface area contributed by atoms with Crippen molar-refractivity contribution in [2.75, 3.05) is 11.5 Å². The van der Waals surface area contributed by atoms with E-state index in [1.807, 2.05) is 48.2 Å². The van der Waals surface area contributed by atoms with Gasteiger partial charge in [-0.25, -0.2) is 0 Å². The standard InChI is InChI=1S/C26H40O6S3/c1-25(34(27,28)29,23-15-7-3-8-16-23)19-11-5-13-21-33-22-14-6-12-20-26(2,35(30,31)32)24-17-9-4-10-18-24/h3-4,7-10,15-18,27-29H,5-6,11-14,19-22H2,1-2H3,(H,30,31,32). The van der Waals surface area contributed by atoms with Gasteiger partial charge in [0.25, 0.3) is 10.1 Å². The van der Waals surface area contributed by atoms with Crippen molar-refractivity contribution in [3.05, 3.63) is 71.8 Å². The van der Waals surface area contributed by atoms with E-state index in [-0.39, 0.29) is 0 Å². The molecule has 0 aliphatic carbocycles. The van der Waals surface area contributed by atoms with Gasteiger partial charge < -0.3 is 13.7 Å². The van der Waals surface area contributed by atoms with Crippen molar-refractivity contribution >= 4 is 32.8 Å². The molecule has 35 heavy (non-hydrogen) atoms. The Morgan fingerprint density at radius 3 is 1.43 bits per heavy atom. The first kappa shape index (κ1) is 30.2. The van der Waals surface area contributed by atoms with Gasteiger partial charge in [-0.05, 0) is 62.2 Å². The Balaban J connectivity index is 1.64. The van der Waals surface area contributed by atoms with Crippen molar-refractivity contribution in [3.63, 3.8) is 0 Å². The zero-order chi connectivity index (χ0) is 26.0. The minimum absolute atomic E-state index is 0.380. The third-order valence-corrected chi connectivity index (χ3v) is 11.2. The summed E-state index contributed by atoms with van der Waals surface area (Å²) in [6, 6.07) is 18.1. The predicted octanol–water partition coefficient (Wildman–Crippen LogP) is 7.78. The van der Waals surface area contributed by atoms with Gasteiger partial charge in [0.2, 0.25) is 0 Å². The molecule has 2 rings (SSSR count). The van der Waals surface area contributed by atoms with E-state index in [9.17, 15) is 26.6 Å². The lowest BCUT2D eigenvalue weighted by Crippen LogP contribution is -2.32. The fraction of sp³-hybridized carbons (Fsp3) is 0.538. The normalized spacial score (nSPS) is 16.4. The maximum absolute atomic E-state index is 12.1. The summed E-state index contributed by atoms with van der Waals surface area (Å²) in [4.78, 5) is 0. The lowest BCUT2D eigenvalue weighted by atomic mass is 9.94. The average molecular weight is 545 g/mol. The third-order valence-electron chi connectivity index (χ3n) is 6.83. The molecule has 2 aromatic rings. The van der Waals surface area contributed by atoms with Crippen molar-refractivity contribution in [1.82, 2.24) is 0 Å². The van der Waals surface area contributed by atoms with Crippen LogP contribution in [0.4, 0.5) is 0 Å². The van der Waals surface area contributed by atoms with Gasteiger partial charge >= 0.3 is 0 Å². The Hall–Kier alpha value is -1.07. The molecule has 0 amide bonds. The molecule has 0 saturated carbocycles.